The molecule has 206 valence electrons. The summed E-state index contributed by atoms with van der Waals surface area (Å²) in [5.74, 6) is 1.19. The Labute approximate surface area is 234 Å². The van der Waals surface area contributed by atoms with E-state index in [2.05, 4.69) is 40.5 Å². The van der Waals surface area contributed by atoms with Crippen LogP contribution in [0.1, 0.15) is 68.5 Å². The Morgan fingerprint density at radius 2 is 0.718 bits per heavy atom. The number of hydrogen-bond donors (Lipinski definition) is 4. The first-order valence-corrected chi connectivity index (χ1v) is 12.3. The predicted molar refractivity (Wildman–Crippen MR) is 163 cm³/mol. The Morgan fingerprint density at radius 3 is 1.00 bits per heavy atom. The Hall–Kier alpha value is -4.36. The number of phenols is 4. The summed E-state index contributed by atoms with van der Waals surface area (Å²) in [7, 11) is 0. The van der Waals surface area contributed by atoms with Crippen molar-refractivity contribution in [3.05, 3.63) is 118 Å². The molecule has 4 rings (SSSR count). The number of phenolic OH excluding ortho intramolecular Hbond substituents is 4. The van der Waals surface area contributed by atoms with Crippen LogP contribution in [0.15, 0.2) is 84.9 Å². The van der Waals surface area contributed by atoms with Crippen LogP contribution >= 0.6 is 0 Å². The molecular weight excluding hydrogens is 484 g/mol. The third-order valence-corrected chi connectivity index (χ3v) is 7.01. The fourth-order valence-electron chi connectivity index (χ4n) is 4.18. The lowest BCUT2D eigenvalue weighted by Gasteiger charge is -2.27. The first-order valence-electron chi connectivity index (χ1n) is 12.3. The normalized spacial score (nSPS) is 10.7. The summed E-state index contributed by atoms with van der Waals surface area (Å²) in [5, 5.41) is 37.8. The fraction of sp³-hybridized carbons (Fsp3) is 0.257. The van der Waals surface area contributed by atoms with Crippen LogP contribution in [0.25, 0.3) is 0 Å². The Kier molecular flexibility index (Phi) is 11.3. The molecule has 0 spiro atoms. The van der Waals surface area contributed by atoms with Crippen LogP contribution in [0.5, 0.6) is 23.0 Å². The van der Waals surface area contributed by atoms with Gasteiger partial charge in [0.15, 0.2) is 0 Å². The highest BCUT2D eigenvalue weighted by molar-refractivity contribution is 5.46. The van der Waals surface area contributed by atoms with Crippen molar-refractivity contribution in [3.63, 3.8) is 0 Å². The van der Waals surface area contributed by atoms with Gasteiger partial charge in [0.2, 0.25) is 0 Å². The average molecular weight is 527 g/mol. The Morgan fingerprint density at radius 1 is 0.462 bits per heavy atom. The first kappa shape index (κ1) is 32.7. The Balaban J connectivity index is 0.000000360. The second-order valence-electron chi connectivity index (χ2n) is 10.3. The molecule has 4 N–H and O–H groups in total. The van der Waals surface area contributed by atoms with Crippen molar-refractivity contribution in [2.45, 2.75) is 59.8 Å². The van der Waals surface area contributed by atoms with Gasteiger partial charge in [-0.3, -0.25) is 0 Å². The average Bonchev–Trinajstić information content (AvgIpc) is 2.89. The third-order valence-electron chi connectivity index (χ3n) is 7.01. The summed E-state index contributed by atoms with van der Waals surface area (Å²) < 4.78 is 0. The van der Waals surface area contributed by atoms with Gasteiger partial charge in [0.05, 0.1) is 0 Å². The van der Waals surface area contributed by atoms with E-state index in [-0.39, 0.29) is 29.8 Å². The van der Waals surface area contributed by atoms with Crippen LogP contribution in [0, 0.1) is 26.7 Å². The molecule has 0 saturated heterocycles. The van der Waals surface area contributed by atoms with Gasteiger partial charge in [-0.15, -0.1) is 12.8 Å². The molecule has 4 heteroatoms. The van der Waals surface area contributed by atoms with Crippen molar-refractivity contribution in [2.75, 3.05) is 0 Å². The van der Waals surface area contributed by atoms with Crippen molar-refractivity contribution in [1.29, 1.82) is 0 Å². The zero-order valence-electron chi connectivity index (χ0n) is 23.0. The van der Waals surface area contributed by atoms with Gasteiger partial charge in [-0.25, -0.2) is 0 Å². The van der Waals surface area contributed by atoms with Gasteiger partial charge in [-0.2, -0.15) is 0 Å². The summed E-state index contributed by atoms with van der Waals surface area (Å²) in [6.07, 6.45) is 8.00. The maximum Gasteiger partial charge on any atom is 0.118 e. The van der Waals surface area contributed by atoms with Crippen molar-refractivity contribution >= 4 is 0 Å². The molecule has 4 aromatic rings. The van der Waals surface area contributed by atoms with Gasteiger partial charge < -0.3 is 20.4 Å². The number of hydrogen-bond acceptors (Lipinski definition) is 4. The van der Waals surface area contributed by atoms with Gasteiger partial charge in [0.1, 0.15) is 23.0 Å². The topological polar surface area (TPSA) is 80.9 Å². The lowest BCUT2D eigenvalue weighted by Crippen LogP contribution is -2.19. The van der Waals surface area contributed by atoms with E-state index in [0.717, 1.165) is 33.4 Å². The molecule has 0 aliphatic rings. The lowest BCUT2D eigenvalue weighted by molar-refractivity contribution is 0.469. The highest BCUT2D eigenvalue weighted by Gasteiger charge is 2.24. The smallest absolute Gasteiger partial charge is 0.118 e. The van der Waals surface area contributed by atoms with E-state index in [1.165, 1.54) is 0 Å². The summed E-state index contributed by atoms with van der Waals surface area (Å²) in [6.45, 7) is 12.3. The first-order chi connectivity index (χ1) is 17.8. The maximum absolute atomic E-state index is 9.63. The van der Waals surface area contributed by atoms with E-state index in [1.54, 1.807) is 36.4 Å². The molecule has 39 heavy (non-hydrogen) atoms. The largest absolute Gasteiger partial charge is 0.508 e. The molecule has 0 saturated carbocycles. The van der Waals surface area contributed by atoms with Crippen molar-refractivity contribution in [1.82, 2.24) is 0 Å². The molecule has 4 aromatic carbocycles. The predicted octanol–water partition coefficient (Wildman–Crippen LogP) is 8.35. The molecule has 0 aliphatic heterocycles. The summed E-state index contributed by atoms with van der Waals surface area (Å²) >= 11 is 0. The fourth-order valence-corrected chi connectivity index (χ4v) is 4.18. The van der Waals surface area contributed by atoms with Crippen LogP contribution in [0.2, 0.25) is 0 Å². The van der Waals surface area contributed by atoms with Crippen LogP contribution < -0.4 is 0 Å². The molecule has 0 atom stereocenters. The molecule has 0 bridgehead atoms. The second kappa shape index (κ2) is 13.4. The van der Waals surface area contributed by atoms with E-state index < -0.39 is 0 Å². The zero-order chi connectivity index (χ0) is 28.7. The van der Waals surface area contributed by atoms with E-state index in [9.17, 15) is 20.4 Å². The molecular formula is C35H42O4. The van der Waals surface area contributed by atoms with Crippen molar-refractivity contribution < 1.29 is 20.4 Å². The molecule has 0 fully saturated rings. The molecule has 0 aliphatic carbocycles. The van der Waals surface area contributed by atoms with Crippen LogP contribution in [-0.2, 0) is 10.8 Å². The monoisotopic (exact) mass is 526 g/mol. The molecule has 0 heterocycles. The number of rotatable bonds is 4. The summed E-state index contributed by atoms with van der Waals surface area (Å²) in [4.78, 5) is 0. The van der Waals surface area contributed by atoms with E-state index in [0.29, 0.717) is 11.5 Å². The minimum Gasteiger partial charge on any atom is -0.508 e. The van der Waals surface area contributed by atoms with Gasteiger partial charge in [-0.1, -0.05) is 83.7 Å². The zero-order valence-corrected chi connectivity index (χ0v) is 23.0. The van der Waals surface area contributed by atoms with E-state index >= 15 is 0 Å². The van der Waals surface area contributed by atoms with Gasteiger partial charge in [0, 0.05) is 10.8 Å². The molecule has 0 aromatic heterocycles. The highest BCUT2D eigenvalue weighted by atomic mass is 16.3. The van der Waals surface area contributed by atoms with Gasteiger partial charge >= 0.3 is 0 Å². The van der Waals surface area contributed by atoms with E-state index in [4.69, 9.17) is 0 Å². The summed E-state index contributed by atoms with van der Waals surface area (Å²) in [6, 6.07) is 25.8. The molecule has 0 amide bonds. The maximum atomic E-state index is 9.63. The molecule has 0 unspecified atom stereocenters. The van der Waals surface area contributed by atoms with Gasteiger partial charge in [0.25, 0.3) is 0 Å². The minimum absolute atomic E-state index is 0. The molecule has 4 nitrogen and oxygen atoms in total. The molecule has 0 radical (unpaired) electrons. The van der Waals surface area contributed by atoms with Gasteiger partial charge in [-0.05, 0) is 83.6 Å². The number of benzene rings is 4. The number of terminal acetylenes is 1. The number of aryl methyl sites for hydroxylation is 2. The summed E-state index contributed by atoms with van der Waals surface area (Å²) in [5.41, 5.74) is 5.98. The standard InChI is InChI=1S/C17H20O2.C15H16O2.C2H2.CH4/c1-11-9-13(5-7-15(11)18)17(3,4)14-6-8-16(19)12(2)10-14;1-15(2,11-3-7-13(16)8-4-11)12-5-9-14(17)10-6-12;1-2;/h5-10,18-19H,1-4H3;3-10,16-17H,1-2H3;1-2H;1H4. The minimum atomic E-state index is -0.170. The van der Waals surface area contributed by atoms with Crippen molar-refractivity contribution in [2.24, 2.45) is 0 Å². The van der Waals surface area contributed by atoms with E-state index in [1.807, 2.05) is 62.4 Å². The lowest BCUT2D eigenvalue weighted by atomic mass is 9.77. The quantitative estimate of drug-likeness (QED) is 0.201. The van der Waals surface area contributed by atoms with Crippen LogP contribution in [-0.4, -0.2) is 20.4 Å². The second-order valence-corrected chi connectivity index (χ2v) is 10.3. The van der Waals surface area contributed by atoms with Crippen LogP contribution in [0.4, 0.5) is 0 Å². The van der Waals surface area contributed by atoms with Crippen molar-refractivity contribution in [3.8, 4) is 35.8 Å². The highest BCUT2D eigenvalue weighted by Crippen LogP contribution is 2.35. The Bertz CT molecular complexity index is 1260. The van der Waals surface area contributed by atoms with Crippen LogP contribution in [0.3, 0.4) is 0 Å². The number of aromatic hydroxyl groups is 4. The third kappa shape index (κ3) is 7.82. The SMILES string of the molecule is C.C#C.CC(C)(c1ccc(O)cc1)c1ccc(O)cc1.Cc1cc(C(C)(C)c2ccc(O)c(C)c2)ccc1O.